The van der Waals surface area contributed by atoms with E-state index in [4.69, 9.17) is 4.74 Å². The van der Waals surface area contributed by atoms with Crippen LogP contribution in [0.15, 0.2) is 24.3 Å². The molecular formula is C14H14FN3O3S. The van der Waals surface area contributed by atoms with Crippen LogP contribution in [0.25, 0.3) is 0 Å². The van der Waals surface area contributed by atoms with E-state index in [-0.39, 0.29) is 25.4 Å². The van der Waals surface area contributed by atoms with Crippen LogP contribution in [0.4, 0.5) is 9.52 Å². The first-order valence-electron chi connectivity index (χ1n) is 6.53. The zero-order valence-corrected chi connectivity index (χ0v) is 12.7. The van der Waals surface area contributed by atoms with E-state index in [9.17, 15) is 14.0 Å². The number of aromatic nitrogens is 2. The Kier molecular flexibility index (Phi) is 5.54. The minimum atomic E-state index is -0.563. The second-order valence-electron chi connectivity index (χ2n) is 4.43. The van der Waals surface area contributed by atoms with Crippen molar-refractivity contribution in [1.29, 1.82) is 0 Å². The summed E-state index contributed by atoms with van der Waals surface area (Å²) in [6.45, 7) is 1.62. The number of hydrogen-bond donors (Lipinski definition) is 1. The fourth-order valence-corrected chi connectivity index (χ4v) is 2.20. The van der Waals surface area contributed by atoms with Gasteiger partial charge in [0.1, 0.15) is 17.4 Å². The number of hydrogen-bond acceptors (Lipinski definition) is 6. The molecule has 2 aromatic rings. The van der Waals surface area contributed by atoms with E-state index in [1.54, 1.807) is 19.1 Å². The Balaban J connectivity index is 1.71. The van der Waals surface area contributed by atoms with Gasteiger partial charge in [-0.15, -0.1) is 10.2 Å². The summed E-state index contributed by atoms with van der Waals surface area (Å²) in [5.41, 5.74) is 0.296. The maximum absolute atomic E-state index is 13.3. The number of amides is 1. The number of nitrogens with zero attached hydrogens (tertiary/aromatic N) is 2. The monoisotopic (exact) mass is 323 g/mol. The summed E-state index contributed by atoms with van der Waals surface area (Å²) < 4.78 is 18.3. The molecule has 22 heavy (non-hydrogen) atoms. The van der Waals surface area contributed by atoms with Crippen LogP contribution >= 0.6 is 11.3 Å². The van der Waals surface area contributed by atoms with E-state index < -0.39 is 11.8 Å². The van der Waals surface area contributed by atoms with Gasteiger partial charge in [0.25, 0.3) is 0 Å². The highest BCUT2D eigenvalue weighted by molar-refractivity contribution is 7.15. The normalized spacial score (nSPS) is 10.3. The lowest BCUT2D eigenvalue weighted by molar-refractivity contribution is -0.146. The molecule has 1 heterocycles. The van der Waals surface area contributed by atoms with Crippen molar-refractivity contribution in [2.45, 2.75) is 26.4 Å². The van der Waals surface area contributed by atoms with Gasteiger partial charge in [-0.3, -0.25) is 9.59 Å². The van der Waals surface area contributed by atoms with E-state index >= 15 is 0 Å². The van der Waals surface area contributed by atoms with E-state index in [1.165, 1.54) is 23.5 Å². The number of carbonyl (C=O) groups excluding carboxylic acids is 2. The first-order valence-corrected chi connectivity index (χ1v) is 7.35. The molecule has 1 N–H and O–H groups in total. The Morgan fingerprint density at radius 2 is 2.05 bits per heavy atom. The fraction of sp³-hybridized carbons (Fsp3) is 0.286. The molecule has 8 heteroatoms. The number of benzene rings is 1. The number of nitrogens with one attached hydrogen (secondary N) is 1. The highest BCUT2D eigenvalue weighted by Gasteiger charge is 2.11. The molecule has 116 valence electrons. The number of esters is 1. The van der Waals surface area contributed by atoms with Crippen molar-refractivity contribution in [3.63, 3.8) is 0 Å². The Bertz CT molecular complexity index is 675. The summed E-state index contributed by atoms with van der Waals surface area (Å²) in [5, 5.41) is 11.2. The van der Waals surface area contributed by atoms with Crippen LogP contribution in [-0.2, 0) is 20.9 Å². The van der Waals surface area contributed by atoms with Gasteiger partial charge >= 0.3 is 5.97 Å². The molecule has 0 saturated heterocycles. The lowest BCUT2D eigenvalue weighted by Crippen LogP contribution is -2.14. The number of carbonyl (C=O) groups is 2. The lowest BCUT2D eigenvalue weighted by atomic mass is 10.2. The standard InChI is InChI=1S/C14H14FN3O3S/c1-9-17-18-14(22-9)16-12(19)6-7-13(20)21-8-10-4-2-3-5-11(10)15/h2-5H,6-8H2,1H3,(H,16,18,19). The average Bonchev–Trinajstić information content (AvgIpc) is 2.89. The molecule has 0 saturated carbocycles. The molecule has 1 amide bonds. The van der Waals surface area contributed by atoms with Crippen LogP contribution in [0.2, 0.25) is 0 Å². The predicted molar refractivity (Wildman–Crippen MR) is 78.7 cm³/mol. The second-order valence-corrected chi connectivity index (χ2v) is 5.61. The molecule has 1 aromatic carbocycles. The van der Waals surface area contributed by atoms with E-state index in [1.807, 2.05) is 0 Å². The summed E-state index contributed by atoms with van der Waals surface area (Å²) >= 11 is 1.25. The van der Waals surface area contributed by atoms with Crippen LogP contribution in [0, 0.1) is 12.7 Å². The highest BCUT2D eigenvalue weighted by Crippen LogP contribution is 2.14. The Morgan fingerprint density at radius 3 is 2.73 bits per heavy atom. The SMILES string of the molecule is Cc1nnc(NC(=O)CCC(=O)OCc2ccccc2F)s1. The summed E-state index contributed by atoms with van der Waals surface area (Å²) in [5.74, 6) is -1.34. The zero-order valence-electron chi connectivity index (χ0n) is 11.8. The van der Waals surface area contributed by atoms with Gasteiger partial charge in [-0.25, -0.2) is 4.39 Å². The zero-order chi connectivity index (χ0) is 15.9. The molecule has 0 fully saturated rings. The molecule has 0 atom stereocenters. The lowest BCUT2D eigenvalue weighted by Gasteiger charge is -2.05. The van der Waals surface area contributed by atoms with Crippen LogP contribution in [0.3, 0.4) is 0 Å². The van der Waals surface area contributed by atoms with Crippen LogP contribution < -0.4 is 5.32 Å². The first-order chi connectivity index (χ1) is 10.5. The Labute approximate surface area is 130 Å². The molecule has 1 aromatic heterocycles. The van der Waals surface area contributed by atoms with Crippen LogP contribution in [0.5, 0.6) is 0 Å². The van der Waals surface area contributed by atoms with Crippen molar-refractivity contribution in [2.75, 3.05) is 5.32 Å². The Hall–Kier alpha value is -2.35. The van der Waals surface area contributed by atoms with Crippen LogP contribution in [0.1, 0.15) is 23.4 Å². The largest absolute Gasteiger partial charge is 0.461 e. The molecule has 0 aliphatic rings. The summed E-state index contributed by atoms with van der Waals surface area (Å²) in [4.78, 5) is 23.2. The van der Waals surface area contributed by atoms with E-state index in [0.29, 0.717) is 10.7 Å². The minimum Gasteiger partial charge on any atom is -0.461 e. The predicted octanol–water partition coefficient (Wildman–Crippen LogP) is 2.45. The van der Waals surface area contributed by atoms with E-state index in [0.717, 1.165) is 5.01 Å². The first kappa shape index (κ1) is 16.0. The van der Waals surface area contributed by atoms with Gasteiger partial charge in [-0.05, 0) is 13.0 Å². The third-order valence-corrected chi connectivity index (χ3v) is 3.43. The van der Waals surface area contributed by atoms with Crippen molar-refractivity contribution in [1.82, 2.24) is 10.2 Å². The van der Waals surface area contributed by atoms with Gasteiger partial charge in [0.2, 0.25) is 11.0 Å². The maximum atomic E-state index is 13.3. The molecule has 0 aliphatic carbocycles. The number of ether oxygens (including phenoxy) is 1. The van der Waals surface area contributed by atoms with Crippen molar-refractivity contribution in [3.05, 3.63) is 40.7 Å². The summed E-state index contributed by atoms with van der Waals surface area (Å²) in [6, 6.07) is 6.04. The number of rotatable bonds is 6. The van der Waals surface area contributed by atoms with E-state index in [2.05, 4.69) is 15.5 Å². The average molecular weight is 323 g/mol. The van der Waals surface area contributed by atoms with Crippen molar-refractivity contribution in [3.8, 4) is 0 Å². The molecular weight excluding hydrogens is 309 g/mol. The number of halogens is 1. The minimum absolute atomic E-state index is 0.0330. The Morgan fingerprint density at radius 1 is 1.27 bits per heavy atom. The van der Waals surface area contributed by atoms with Crippen molar-refractivity contribution in [2.24, 2.45) is 0 Å². The number of aryl methyl sites for hydroxylation is 1. The number of anilines is 1. The quantitative estimate of drug-likeness (QED) is 0.826. The molecule has 0 aliphatic heterocycles. The van der Waals surface area contributed by atoms with Crippen molar-refractivity contribution < 1.29 is 18.7 Å². The van der Waals surface area contributed by atoms with Gasteiger partial charge in [0.15, 0.2) is 0 Å². The third-order valence-electron chi connectivity index (χ3n) is 2.68. The second kappa shape index (κ2) is 7.60. The molecule has 0 bridgehead atoms. The van der Waals surface area contributed by atoms with Gasteiger partial charge < -0.3 is 10.1 Å². The smallest absolute Gasteiger partial charge is 0.306 e. The van der Waals surface area contributed by atoms with Gasteiger partial charge in [-0.1, -0.05) is 29.5 Å². The van der Waals surface area contributed by atoms with Gasteiger partial charge in [0, 0.05) is 12.0 Å². The summed E-state index contributed by atoms with van der Waals surface area (Å²) in [6.07, 6.45) is -0.118. The molecule has 6 nitrogen and oxygen atoms in total. The highest BCUT2D eigenvalue weighted by atomic mass is 32.1. The topological polar surface area (TPSA) is 81.2 Å². The fourth-order valence-electron chi connectivity index (χ4n) is 1.59. The maximum Gasteiger partial charge on any atom is 0.306 e. The molecule has 0 spiro atoms. The molecule has 2 rings (SSSR count). The molecule has 0 radical (unpaired) electrons. The third kappa shape index (κ3) is 4.88. The van der Waals surface area contributed by atoms with Gasteiger partial charge in [0.05, 0.1) is 6.42 Å². The van der Waals surface area contributed by atoms with Crippen molar-refractivity contribution >= 4 is 28.3 Å². The van der Waals surface area contributed by atoms with Crippen LogP contribution in [-0.4, -0.2) is 22.1 Å². The van der Waals surface area contributed by atoms with Gasteiger partial charge in [-0.2, -0.15) is 0 Å². The summed E-state index contributed by atoms with van der Waals surface area (Å²) in [7, 11) is 0. The molecule has 0 unspecified atom stereocenters.